The lowest BCUT2D eigenvalue weighted by atomic mass is 10.2. The van der Waals surface area contributed by atoms with E-state index in [9.17, 15) is 9.59 Å². The predicted molar refractivity (Wildman–Crippen MR) is 108 cm³/mol. The molecule has 0 bridgehead atoms. The smallest absolute Gasteiger partial charge is 0.260 e. The molecular formula is C19H17ClN4O3S. The second-order valence-corrected chi connectivity index (χ2v) is 7.89. The summed E-state index contributed by atoms with van der Waals surface area (Å²) in [5, 5.41) is 6.85. The van der Waals surface area contributed by atoms with E-state index in [0.29, 0.717) is 27.9 Å². The van der Waals surface area contributed by atoms with Crippen LogP contribution in [0.1, 0.15) is 20.9 Å². The van der Waals surface area contributed by atoms with E-state index < -0.39 is 0 Å². The Morgan fingerprint density at radius 2 is 2.04 bits per heavy atom. The third-order valence-electron chi connectivity index (χ3n) is 4.31. The SMILES string of the molecule is O=C(CN1CCc2nc(NC(=O)c3ccoc3)sc2C1)Nc1ccc(Cl)cc1. The standard InChI is InChI=1S/C19H17ClN4O3S/c20-13-1-3-14(4-2-13)21-17(25)10-24-7-5-15-16(9-24)28-19(22-15)23-18(26)12-6-8-27-11-12/h1-4,6,8,11H,5,7,9-10H2,(H,21,25)(H,22,23,26). The van der Waals surface area contributed by atoms with Gasteiger partial charge in [0, 0.05) is 35.1 Å². The third-order valence-corrected chi connectivity index (χ3v) is 5.56. The molecule has 28 heavy (non-hydrogen) atoms. The minimum absolute atomic E-state index is 0.0798. The normalized spacial score (nSPS) is 13.8. The summed E-state index contributed by atoms with van der Waals surface area (Å²) in [6, 6.07) is 8.62. The van der Waals surface area contributed by atoms with Gasteiger partial charge < -0.3 is 9.73 Å². The van der Waals surface area contributed by atoms with Gasteiger partial charge in [-0.2, -0.15) is 0 Å². The Labute approximate surface area is 170 Å². The van der Waals surface area contributed by atoms with Gasteiger partial charge >= 0.3 is 0 Å². The number of nitrogens with zero attached hydrogens (tertiary/aromatic N) is 2. The monoisotopic (exact) mass is 416 g/mol. The van der Waals surface area contributed by atoms with Gasteiger partial charge in [0.05, 0.1) is 24.1 Å². The van der Waals surface area contributed by atoms with Gasteiger partial charge in [0.15, 0.2) is 5.13 Å². The summed E-state index contributed by atoms with van der Waals surface area (Å²) in [7, 11) is 0. The van der Waals surface area contributed by atoms with Gasteiger partial charge in [-0.1, -0.05) is 11.6 Å². The van der Waals surface area contributed by atoms with Crippen LogP contribution >= 0.6 is 22.9 Å². The van der Waals surface area contributed by atoms with Gasteiger partial charge in [-0.25, -0.2) is 4.98 Å². The number of fused-ring (bicyclic) bond motifs is 1. The van der Waals surface area contributed by atoms with E-state index in [2.05, 4.69) is 20.5 Å². The fraction of sp³-hybridized carbons (Fsp3) is 0.211. The zero-order chi connectivity index (χ0) is 19.5. The van der Waals surface area contributed by atoms with E-state index in [-0.39, 0.29) is 18.4 Å². The molecule has 2 N–H and O–H groups in total. The largest absolute Gasteiger partial charge is 0.472 e. The van der Waals surface area contributed by atoms with E-state index in [1.54, 1.807) is 30.3 Å². The second-order valence-electron chi connectivity index (χ2n) is 6.37. The molecule has 0 aliphatic carbocycles. The summed E-state index contributed by atoms with van der Waals surface area (Å²) in [6.45, 7) is 1.65. The van der Waals surface area contributed by atoms with Gasteiger partial charge in [0.2, 0.25) is 5.91 Å². The number of amides is 2. The molecule has 0 atom stereocenters. The lowest BCUT2D eigenvalue weighted by Gasteiger charge is -2.25. The van der Waals surface area contributed by atoms with Crippen molar-refractivity contribution in [2.75, 3.05) is 23.7 Å². The van der Waals surface area contributed by atoms with Crippen LogP contribution in [0.15, 0.2) is 47.3 Å². The number of carbonyl (C=O) groups excluding carboxylic acids is 2. The first-order valence-electron chi connectivity index (χ1n) is 8.67. The van der Waals surface area contributed by atoms with E-state index >= 15 is 0 Å². The molecule has 1 aliphatic heterocycles. The van der Waals surface area contributed by atoms with Crippen molar-refractivity contribution in [2.45, 2.75) is 13.0 Å². The maximum absolute atomic E-state index is 12.3. The zero-order valence-corrected chi connectivity index (χ0v) is 16.3. The van der Waals surface area contributed by atoms with E-state index in [1.807, 2.05) is 0 Å². The van der Waals surface area contributed by atoms with E-state index in [1.165, 1.54) is 23.9 Å². The summed E-state index contributed by atoms with van der Waals surface area (Å²) in [5.74, 6) is -0.331. The maximum atomic E-state index is 12.3. The molecule has 1 aliphatic rings. The highest BCUT2D eigenvalue weighted by Crippen LogP contribution is 2.28. The van der Waals surface area contributed by atoms with Crippen molar-refractivity contribution in [3.05, 3.63) is 64.0 Å². The van der Waals surface area contributed by atoms with Crippen molar-refractivity contribution in [1.29, 1.82) is 0 Å². The Balaban J connectivity index is 1.34. The summed E-state index contributed by atoms with van der Waals surface area (Å²) in [6.07, 6.45) is 3.58. The maximum Gasteiger partial charge on any atom is 0.260 e. The summed E-state index contributed by atoms with van der Waals surface area (Å²) in [5.41, 5.74) is 2.14. The average Bonchev–Trinajstić information content (AvgIpc) is 3.32. The molecule has 0 spiro atoms. The van der Waals surface area contributed by atoms with Gasteiger partial charge in [0.25, 0.3) is 5.91 Å². The van der Waals surface area contributed by atoms with Crippen molar-refractivity contribution < 1.29 is 14.0 Å². The molecule has 0 unspecified atom stereocenters. The Bertz CT molecular complexity index is 985. The number of anilines is 2. The lowest BCUT2D eigenvalue weighted by Crippen LogP contribution is -2.36. The number of hydrogen-bond acceptors (Lipinski definition) is 6. The van der Waals surface area contributed by atoms with Gasteiger partial charge in [-0.3, -0.25) is 19.8 Å². The van der Waals surface area contributed by atoms with Crippen molar-refractivity contribution in [3.63, 3.8) is 0 Å². The van der Waals surface area contributed by atoms with Crippen molar-refractivity contribution in [2.24, 2.45) is 0 Å². The topological polar surface area (TPSA) is 87.5 Å². The molecule has 3 aromatic rings. The quantitative estimate of drug-likeness (QED) is 0.663. The molecule has 0 saturated heterocycles. The molecule has 1 aromatic carbocycles. The minimum Gasteiger partial charge on any atom is -0.472 e. The molecule has 0 saturated carbocycles. The van der Waals surface area contributed by atoms with Crippen LogP contribution in [-0.4, -0.2) is 34.8 Å². The number of rotatable bonds is 5. The van der Waals surface area contributed by atoms with E-state index in [0.717, 1.165) is 23.5 Å². The highest BCUT2D eigenvalue weighted by atomic mass is 35.5. The zero-order valence-electron chi connectivity index (χ0n) is 14.8. The van der Waals surface area contributed by atoms with Crippen LogP contribution in [-0.2, 0) is 17.8 Å². The van der Waals surface area contributed by atoms with Gasteiger partial charge in [-0.15, -0.1) is 11.3 Å². The number of aromatic nitrogens is 1. The first-order chi connectivity index (χ1) is 13.6. The first kappa shape index (κ1) is 18.7. The van der Waals surface area contributed by atoms with Crippen LogP contribution in [0.4, 0.5) is 10.8 Å². The lowest BCUT2D eigenvalue weighted by molar-refractivity contribution is -0.117. The third kappa shape index (κ3) is 4.41. The average molecular weight is 417 g/mol. The summed E-state index contributed by atoms with van der Waals surface area (Å²) >= 11 is 7.29. The summed E-state index contributed by atoms with van der Waals surface area (Å²) < 4.78 is 4.93. The molecule has 3 heterocycles. The van der Waals surface area contributed by atoms with Crippen LogP contribution in [0.5, 0.6) is 0 Å². The van der Waals surface area contributed by atoms with Crippen LogP contribution in [0.3, 0.4) is 0 Å². The minimum atomic E-state index is -0.251. The molecular weight excluding hydrogens is 400 g/mol. The second kappa shape index (κ2) is 8.14. The van der Waals surface area contributed by atoms with Gasteiger partial charge in [0.1, 0.15) is 6.26 Å². The number of furan rings is 1. The van der Waals surface area contributed by atoms with Gasteiger partial charge in [-0.05, 0) is 30.3 Å². The molecule has 2 amide bonds. The van der Waals surface area contributed by atoms with Crippen LogP contribution in [0, 0.1) is 0 Å². The Kier molecular flexibility index (Phi) is 5.43. The molecule has 0 fully saturated rings. The van der Waals surface area contributed by atoms with E-state index in [4.69, 9.17) is 16.0 Å². The number of halogens is 1. The van der Waals surface area contributed by atoms with Crippen LogP contribution in [0.2, 0.25) is 5.02 Å². The first-order valence-corrected chi connectivity index (χ1v) is 9.86. The van der Waals surface area contributed by atoms with Crippen LogP contribution in [0.25, 0.3) is 0 Å². The molecule has 0 radical (unpaired) electrons. The summed E-state index contributed by atoms with van der Waals surface area (Å²) in [4.78, 5) is 32.0. The number of carbonyl (C=O) groups is 2. The van der Waals surface area contributed by atoms with Crippen LogP contribution < -0.4 is 10.6 Å². The highest BCUT2D eigenvalue weighted by Gasteiger charge is 2.23. The Morgan fingerprint density at radius 3 is 2.79 bits per heavy atom. The number of thiazole rings is 1. The molecule has 2 aromatic heterocycles. The van der Waals surface area contributed by atoms with Crippen molar-refractivity contribution in [1.82, 2.24) is 9.88 Å². The molecule has 7 nitrogen and oxygen atoms in total. The fourth-order valence-electron chi connectivity index (χ4n) is 2.94. The fourth-order valence-corrected chi connectivity index (χ4v) is 4.11. The number of hydrogen-bond donors (Lipinski definition) is 2. The number of benzene rings is 1. The van der Waals surface area contributed by atoms with Crippen molar-refractivity contribution in [3.8, 4) is 0 Å². The molecule has 9 heteroatoms. The Morgan fingerprint density at radius 1 is 1.21 bits per heavy atom. The predicted octanol–water partition coefficient (Wildman–Crippen LogP) is 3.64. The highest BCUT2D eigenvalue weighted by molar-refractivity contribution is 7.15. The molecule has 4 rings (SSSR count). The molecule has 144 valence electrons. The number of nitrogens with one attached hydrogen (secondary N) is 2. The van der Waals surface area contributed by atoms with Crippen molar-refractivity contribution >= 4 is 45.6 Å². The Hall–Kier alpha value is -2.68.